The Morgan fingerprint density at radius 1 is 1.70 bits per heavy atom. The molecule has 0 aromatic heterocycles. The zero-order valence-electron chi connectivity index (χ0n) is 5.92. The molecule has 1 aliphatic heterocycles. The zero-order chi connectivity index (χ0) is 7.40. The second-order valence-electron chi connectivity index (χ2n) is 2.19. The average Bonchev–Trinajstić information content (AvgIpc) is 2.40. The van der Waals surface area contributed by atoms with Crippen molar-refractivity contribution in [3.63, 3.8) is 0 Å². The summed E-state index contributed by atoms with van der Waals surface area (Å²) in [5.74, 6) is 0. The van der Waals surface area contributed by atoms with Crippen LogP contribution in [0.4, 0.5) is 4.79 Å². The minimum Gasteiger partial charge on any atom is -0.438 e. The van der Waals surface area contributed by atoms with E-state index in [4.69, 9.17) is 4.74 Å². The number of carbonyl (C=O) groups is 1. The lowest BCUT2D eigenvalue weighted by Crippen LogP contribution is -2.20. The topological polar surface area (TPSA) is 47.6 Å². The van der Waals surface area contributed by atoms with Gasteiger partial charge in [0.1, 0.15) is 6.10 Å². The van der Waals surface area contributed by atoms with Crippen molar-refractivity contribution in [1.82, 2.24) is 5.32 Å². The molecule has 10 heavy (non-hydrogen) atoms. The average molecular weight is 145 g/mol. The number of methoxy groups -OCH3 is 1. The summed E-state index contributed by atoms with van der Waals surface area (Å²) < 4.78 is 9.16. The Bertz CT molecular complexity index is 120. The van der Waals surface area contributed by atoms with Crippen molar-refractivity contribution in [2.75, 3.05) is 20.2 Å². The summed E-state index contributed by atoms with van der Waals surface area (Å²) in [5.41, 5.74) is 0. The molecule has 1 rings (SSSR count). The standard InChI is InChI=1S/C6H11NO3/c1-9-6(8)10-5-2-3-7-4-5/h5,7H,2-4H2,1H3. The summed E-state index contributed by atoms with van der Waals surface area (Å²) in [6, 6.07) is 0. The number of hydrogen-bond donors (Lipinski definition) is 1. The lowest BCUT2D eigenvalue weighted by atomic mass is 10.3. The van der Waals surface area contributed by atoms with Crippen molar-refractivity contribution >= 4 is 6.16 Å². The fraction of sp³-hybridized carbons (Fsp3) is 0.833. The van der Waals surface area contributed by atoms with E-state index >= 15 is 0 Å². The molecule has 4 heteroatoms. The summed E-state index contributed by atoms with van der Waals surface area (Å²) >= 11 is 0. The van der Waals surface area contributed by atoms with E-state index in [9.17, 15) is 4.79 Å². The second-order valence-corrected chi connectivity index (χ2v) is 2.19. The summed E-state index contributed by atoms with van der Waals surface area (Å²) in [7, 11) is 1.31. The van der Waals surface area contributed by atoms with Crippen LogP contribution in [0.5, 0.6) is 0 Å². The van der Waals surface area contributed by atoms with Gasteiger partial charge in [0, 0.05) is 6.54 Å². The molecule has 0 spiro atoms. The quantitative estimate of drug-likeness (QED) is 0.533. The van der Waals surface area contributed by atoms with E-state index < -0.39 is 6.16 Å². The molecule has 0 aromatic rings. The summed E-state index contributed by atoms with van der Waals surface area (Å²) in [6.45, 7) is 1.66. The maximum Gasteiger partial charge on any atom is 0.508 e. The molecule has 4 nitrogen and oxygen atoms in total. The molecule has 1 fully saturated rings. The van der Waals surface area contributed by atoms with Gasteiger partial charge in [-0.3, -0.25) is 0 Å². The first-order valence-corrected chi connectivity index (χ1v) is 3.28. The molecule has 58 valence electrons. The largest absolute Gasteiger partial charge is 0.508 e. The van der Waals surface area contributed by atoms with E-state index in [1.165, 1.54) is 7.11 Å². The van der Waals surface area contributed by atoms with E-state index in [0.717, 1.165) is 19.5 Å². The van der Waals surface area contributed by atoms with Gasteiger partial charge in [0.25, 0.3) is 0 Å². The lowest BCUT2D eigenvalue weighted by Gasteiger charge is -2.07. The smallest absolute Gasteiger partial charge is 0.438 e. The molecule has 0 saturated carbocycles. The molecule has 1 saturated heterocycles. The number of hydrogen-bond acceptors (Lipinski definition) is 4. The molecular formula is C6H11NO3. The van der Waals surface area contributed by atoms with Crippen molar-refractivity contribution in [2.24, 2.45) is 0 Å². The fourth-order valence-corrected chi connectivity index (χ4v) is 0.913. The third kappa shape index (κ3) is 1.88. The Morgan fingerprint density at radius 2 is 2.50 bits per heavy atom. The number of rotatable bonds is 1. The Balaban J connectivity index is 2.17. The molecule has 0 bridgehead atoms. The van der Waals surface area contributed by atoms with Gasteiger partial charge in [-0.2, -0.15) is 0 Å². The van der Waals surface area contributed by atoms with Crippen molar-refractivity contribution in [2.45, 2.75) is 12.5 Å². The van der Waals surface area contributed by atoms with Gasteiger partial charge in [0.15, 0.2) is 0 Å². The van der Waals surface area contributed by atoms with Gasteiger partial charge < -0.3 is 14.8 Å². The fourth-order valence-electron chi connectivity index (χ4n) is 0.913. The van der Waals surface area contributed by atoms with Crippen LogP contribution in [0.25, 0.3) is 0 Å². The van der Waals surface area contributed by atoms with Crippen LogP contribution < -0.4 is 5.32 Å². The first-order valence-electron chi connectivity index (χ1n) is 3.28. The van der Waals surface area contributed by atoms with Gasteiger partial charge in [-0.25, -0.2) is 4.79 Å². The number of nitrogens with one attached hydrogen (secondary N) is 1. The van der Waals surface area contributed by atoms with E-state index in [1.807, 2.05) is 0 Å². The van der Waals surface area contributed by atoms with Crippen LogP contribution >= 0.6 is 0 Å². The Labute approximate surface area is 59.5 Å². The molecule has 0 amide bonds. The van der Waals surface area contributed by atoms with Crippen LogP contribution in [0, 0.1) is 0 Å². The summed E-state index contributed by atoms with van der Waals surface area (Å²) in [4.78, 5) is 10.5. The molecule has 1 N–H and O–H groups in total. The van der Waals surface area contributed by atoms with Crippen molar-refractivity contribution in [3.8, 4) is 0 Å². The summed E-state index contributed by atoms with van der Waals surface area (Å²) in [6.07, 6.45) is 0.302. The van der Waals surface area contributed by atoms with Crippen LogP contribution in [0.1, 0.15) is 6.42 Å². The predicted octanol–water partition coefficient (Wildman–Crippen LogP) is 0.131. The highest BCUT2D eigenvalue weighted by molar-refractivity contribution is 5.59. The first kappa shape index (κ1) is 7.34. The highest BCUT2D eigenvalue weighted by atomic mass is 16.7. The Kier molecular flexibility index (Phi) is 2.50. The van der Waals surface area contributed by atoms with Crippen LogP contribution in [0.2, 0.25) is 0 Å². The molecule has 0 radical (unpaired) electrons. The zero-order valence-corrected chi connectivity index (χ0v) is 5.92. The molecule has 1 atom stereocenters. The summed E-state index contributed by atoms with van der Waals surface area (Å²) in [5, 5.41) is 3.07. The molecular weight excluding hydrogens is 134 g/mol. The molecule has 1 heterocycles. The molecule has 1 aliphatic rings. The Hall–Kier alpha value is -0.770. The minimum atomic E-state index is -0.589. The number of ether oxygens (including phenoxy) is 2. The van der Waals surface area contributed by atoms with Crippen molar-refractivity contribution in [1.29, 1.82) is 0 Å². The molecule has 1 unspecified atom stereocenters. The highest BCUT2D eigenvalue weighted by Gasteiger charge is 2.18. The maximum atomic E-state index is 10.5. The highest BCUT2D eigenvalue weighted by Crippen LogP contribution is 2.03. The third-order valence-corrected chi connectivity index (χ3v) is 1.44. The minimum absolute atomic E-state index is 0.00690. The molecule has 0 aromatic carbocycles. The van der Waals surface area contributed by atoms with Gasteiger partial charge >= 0.3 is 6.16 Å². The van der Waals surface area contributed by atoms with Crippen LogP contribution in [0.15, 0.2) is 0 Å². The number of carbonyl (C=O) groups excluding carboxylic acids is 1. The predicted molar refractivity (Wildman–Crippen MR) is 34.8 cm³/mol. The first-order chi connectivity index (χ1) is 4.83. The SMILES string of the molecule is COC(=O)OC1CCNC1. The third-order valence-electron chi connectivity index (χ3n) is 1.44. The maximum absolute atomic E-state index is 10.5. The van der Waals surface area contributed by atoms with E-state index in [-0.39, 0.29) is 6.10 Å². The Morgan fingerprint density at radius 3 is 3.00 bits per heavy atom. The van der Waals surface area contributed by atoms with Gasteiger partial charge in [-0.15, -0.1) is 0 Å². The normalized spacial score (nSPS) is 24.3. The van der Waals surface area contributed by atoms with Gasteiger partial charge in [-0.05, 0) is 13.0 Å². The van der Waals surface area contributed by atoms with Gasteiger partial charge in [0.2, 0.25) is 0 Å². The van der Waals surface area contributed by atoms with E-state index in [0.29, 0.717) is 0 Å². The lowest BCUT2D eigenvalue weighted by molar-refractivity contribution is 0.0439. The van der Waals surface area contributed by atoms with E-state index in [1.54, 1.807) is 0 Å². The van der Waals surface area contributed by atoms with Crippen LogP contribution in [-0.4, -0.2) is 32.5 Å². The van der Waals surface area contributed by atoms with Gasteiger partial charge in [-0.1, -0.05) is 0 Å². The van der Waals surface area contributed by atoms with Crippen LogP contribution in [0.3, 0.4) is 0 Å². The second kappa shape index (κ2) is 3.41. The van der Waals surface area contributed by atoms with Crippen LogP contribution in [-0.2, 0) is 9.47 Å². The van der Waals surface area contributed by atoms with E-state index in [2.05, 4.69) is 10.1 Å². The van der Waals surface area contributed by atoms with Crippen molar-refractivity contribution in [3.05, 3.63) is 0 Å². The van der Waals surface area contributed by atoms with Gasteiger partial charge in [0.05, 0.1) is 7.11 Å². The monoisotopic (exact) mass is 145 g/mol. The van der Waals surface area contributed by atoms with Crippen molar-refractivity contribution < 1.29 is 14.3 Å². The molecule has 0 aliphatic carbocycles.